The Bertz CT molecular complexity index is 1250. The number of H-pyrrole nitrogens is 1. The Hall–Kier alpha value is -3.15. The van der Waals surface area contributed by atoms with Crippen LogP contribution in [0.2, 0.25) is 0 Å². The van der Waals surface area contributed by atoms with Gasteiger partial charge in [-0.1, -0.05) is 0 Å². The molecule has 0 saturated carbocycles. The summed E-state index contributed by atoms with van der Waals surface area (Å²) in [6.45, 7) is 11.9. The first-order valence-electron chi connectivity index (χ1n) is 13.2. The Kier molecular flexibility index (Phi) is 8.15. The van der Waals surface area contributed by atoms with Crippen LogP contribution in [0.4, 0.5) is 23.1 Å². The second-order valence-corrected chi connectivity index (χ2v) is 11.3. The molecular formula is C27H37N9OS. The van der Waals surface area contributed by atoms with Gasteiger partial charge in [-0.05, 0) is 82.9 Å². The van der Waals surface area contributed by atoms with Gasteiger partial charge in [0.2, 0.25) is 5.91 Å². The van der Waals surface area contributed by atoms with E-state index >= 15 is 0 Å². The molecule has 2 aliphatic rings. The fourth-order valence-electron chi connectivity index (χ4n) is 5.14. The summed E-state index contributed by atoms with van der Waals surface area (Å²) in [5.41, 5.74) is 2.77. The molecule has 0 bridgehead atoms. The summed E-state index contributed by atoms with van der Waals surface area (Å²) in [4.78, 5) is 29.8. The molecule has 1 amide bonds. The highest BCUT2D eigenvalue weighted by molar-refractivity contribution is 7.99. The van der Waals surface area contributed by atoms with Crippen LogP contribution in [0.1, 0.15) is 31.0 Å². The van der Waals surface area contributed by atoms with Crippen LogP contribution in [-0.4, -0.2) is 88.2 Å². The van der Waals surface area contributed by atoms with Gasteiger partial charge < -0.3 is 20.4 Å². The van der Waals surface area contributed by atoms with Gasteiger partial charge in [-0.25, -0.2) is 9.97 Å². The van der Waals surface area contributed by atoms with Crippen LogP contribution in [0.15, 0.2) is 40.4 Å². The number of piperazine rings is 1. The maximum atomic E-state index is 11.4. The number of hydrogen-bond donors (Lipinski definition) is 3. The molecule has 0 spiro atoms. The third-order valence-electron chi connectivity index (χ3n) is 7.25. The first-order chi connectivity index (χ1) is 18.3. The van der Waals surface area contributed by atoms with Gasteiger partial charge in [-0.15, -0.1) is 0 Å². The molecule has 5 rings (SSSR count). The number of carbonyl (C=O) groups is 1. The molecule has 10 nitrogen and oxygen atoms in total. The van der Waals surface area contributed by atoms with Crippen LogP contribution in [0.3, 0.4) is 0 Å². The summed E-state index contributed by atoms with van der Waals surface area (Å²) < 4.78 is 0. The maximum Gasteiger partial charge on any atom is 0.221 e. The molecule has 0 radical (unpaired) electrons. The minimum absolute atomic E-state index is 0.0860. The van der Waals surface area contributed by atoms with Gasteiger partial charge in [0.05, 0.1) is 0 Å². The Morgan fingerprint density at radius 3 is 2.37 bits per heavy atom. The number of carbonyl (C=O) groups excluding carboxylic acids is 1. The van der Waals surface area contributed by atoms with Crippen LogP contribution in [0.25, 0.3) is 0 Å². The van der Waals surface area contributed by atoms with Crippen LogP contribution < -0.4 is 15.5 Å². The smallest absolute Gasteiger partial charge is 0.221 e. The van der Waals surface area contributed by atoms with Crippen LogP contribution in [0.5, 0.6) is 0 Å². The van der Waals surface area contributed by atoms with E-state index in [0.29, 0.717) is 11.2 Å². The van der Waals surface area contributed by atoms with Gasteiger partial charge in [0.15, 0.2) is 11.0 Å². The zero-order chi connectivity index (χ0) is 26.6. The number of hydrogen-bond acceptors (Lipinski definition) is 9. The molecule has 3 N–H and O–H groups in total. The van der Waals surface area contributed by atoms with E-state index in [-0.39, 0.29) is 5.91 Å². The summed E-state index contributed by atoms with van der Waals surface area (Å²) in [6.07, 6.45) is 2.50. The second-order valence-electron chi connectivity index (χ2n) is 10.2. The number of likely N-dealkylation sites (tertiary alicyclic amines) is 1. The van der Waals surface area contributed by atoms with Crippen molar-refractivity contribution >= 4 is 40.8 Å². The molecule has 11 heteroatoms. The number of aromatic nitrogens is 4. The SMILES string of the molecule is CC(=O)Nc1ccc(Sc2nc(Nc3cc(C)[nH]n3)c(C)c(N3CCN(C4CCN(C)CC4)CC3)n2)cc1. The monoisotopic (exact) mass is 535 g/mol. The summed E-state index contributed by atoms with van der Waals surface area (Å²) >= 11 is 1.51. The largest absolute Gasteiger partial charge is 0.354 e. The highest BCUT2D eigenvalue weighted by Gasteiger charge is 2.28. The molecule has 2 aromatic heterocycles. The molecule has 4 heterocycles. The number of aryl methyl sites for hydroxylation is 1. The lowest BCUT2D eigenvalue weighted by atomic mass is 10.0. The van der Waals surface area contributed by atoms with Gasteiger partial charge >= 0.3 is 0 Å². The summed E-state index contributed by atoms with van der Waals surface area (Å²) in [6, 6.07) is 10.4. The van der Waals surface area contributed by atoms with Crippen LogP contribution >= 0.6 is 11.8 Å². The lowest BCUT2D eigenvalue weighted by Gasteiger charge is -2.42. The quantitative estimate of drug-likeness (QED) is 0.389. The number of nitrogens with zero attached hydrogens (tertiary/aromatic N) is 6. The molecular weight excluding hydrogens is 498 g/mol. The number of rotatable bonds is 7. The molecule has 38 heavy (non-hydrogen) atoms. The van der Waals surface area contributed by atoms with Gasteiger partial charge in [-0.3, -0.25) is 14.8 Å². The number of piperidine rings is 1. The Balaban J connectivity index is 1.36. The van der Waals surface area contributed by atoms with Crippen molar-refractivity contribution in [1.82, 2.24) is 30.0 Å². The van der Waals surface area contributed by atoms with E-state index in [9.17, 15) is 4.79 Å². The van der Waals surface area contributed by atoms with Gasteiger partial charge in [-0.2, -0.15) is 5.10 Å². The van der Waals surface area contributed by atoms with E-state index in [2.05, 4.69) is 49.5 Å². The first kappa shape index (κ1) is 26.5. The third kappa shape index (κ3) is 6.46. The van der Waals surface area contributed by atoms with Crippen molar-refractivity contribution in [2.45, 2.75) is 49.7 Å². The molecule has 0 unspecified atom stereocenters. The summed E-state index contributed by atoms with van der Waals surface area (Å²) in [5, 5.41) is 14.2. The van der Waals surface area contributed by atoms with Crippen LogP contribution in [0, 0.1) is 13.8 Å². The van der Waals surface area contributed by atoms with Crippen molar-refractivity contribution in [2.75, 3.05) is 61.8 Å². The molecule has 1 aromatic carbocycles. The molecule has 202 valence electrons. The number of nitrogens with one attached hydrogen (secondary N) is 3. The van der Waals surface area contributed by atoms with E-state index in [1.807, 2.05) is 37.3 Å². The zero-order valence-electron chi connectivity index (χ0n) is 22.6. The Labute approximate surface area is 228 Å². The van der Waals surface area contributed by atoms with E-state index in [1.165, 1.54) is 44.6 Å². The summed E-state index contributed by atoms with van der Waals surface area (Å²) in [5.74, 6) is 2.38. The second kappa shape index (κ2) is 11.7. The average molecular weight is 536 g/mol. The molecule has 0 atom stereocenters. The highest BCUT2D eigenvalue weighted by Crippen LogP contribution is 2.33. The minimum Gasteiger partial charge on any atom is -0.354 e. The maximum absolute atomic E-state index is 11.4. The molecule has 2 saturated heterocycles. The lowest BCUT2D eigenvalue weighted by Crippen LogP contribution is -2.53. The first-order valence-corrected chi connectivity index (χ1v) is 14.1. The fourth-order valence-corrected chi connectivity index (χ4v) is 5.89. The van der Waals surface area contributed by atoms with Crippen molar-refractivity contribution < 1.29 is 4.79 Å². The predicted octanol–water partition coefficient (Wildman–Crippen LogP) is 3.89. The van der Waals surface area contributed by atoms with E-state index in [1.54, 1.807) is 0 Å². The standard InChI is InChI=1S/C27H37N9OS/c1-18-17-24(33-32-18)29-25-19(2)26(36-15-13-35(14-16-36)22-9-11-34(4)12-10-22)31-27(30-25)38-23-7-5-21(6-8-23)28-20(3)37/h5-8,17,22H,9-16H2,1-4H3,(H,28,37)(H2,29,30,31,32,33). The number of benzene rings is 1. The van der Waals surface area contributed by atoms with Crippen LogP contribution in [-0.2, 0) is 4.79 Å². The third-order valence-corrected chi connectivity index (χ3v) is 8.13. The Morgan fingerprint density at radius 2 is 1.74 bits per heavy atom. The van der Waals surface area contributed by atoms with E-state index in [0.717, 1.165) is 65.5 Å². The van der Waals surface area contributed by atoms with E-state index in [4.69, 9.17) is 9.97 Å². The van der Waals surface area contributed by atoms with Crippen molar-refractivity contribution in [1.29, 1.82) is 0 Å². The van der Waals surface area contributed by atoms with Gasteiger partial charge in [0.1, 0.15) is 11.6 Å². The number of amides is 1. The van der Waals surface area contributed by atoms with Crippen molar-refractivity contribution in [3.05, 3.63) is 41.6 Å². The van der Waals surface area contributed by atoms with Crippen molar-refractivity contribution in [2.24, 2.45) is 0 Å². The average Bonchev–Trinajstić information content (AvgIpc) is 3.32. The minimum atomic E-state index is -0.0860. The number of anilines is 4. The molecule has 2 fully saturated rings. The fraction of sp³-hybridized carbons (Fsp3) is 0.481. The van der Waals surface area contributed by atoms with Crippen molar-refractivity contribution in [3.63, 3.8) is 0 Å². The number of aromatic amines is 1. The topological polar surface area (TPSA) is 105 Å². The lowest BCUT2D eigenvalue weighted by molar-refractivity contribution is -0.114. The highest BCUT2D eigenvalue weighted by atomic mass is 32.2. The Morgan fingerprint density at radius 1 is 1.03 bits per heavy atom. The molecule has 3 aromatic rings. The normalized spacial score (nSPS) is 17.5. The van der Waals surface area contributed by atoms with Gasteiger partial charge in [0, 0.05) is 67.1 Å². The summed E-state index contributed by atoms with van der Waals surface area (Å²) in [7, 11) is 2.22. The van der Waals surface area contributed by atoms with Gasteiger partial charge in [0.25, 0.3) is 0 Å². The van der Waals surface area contributed by atoms with Crippen molar-refractivity contribution in [3.8, 4) is 0 Å². The molecule has 2 aliphatic heterocycles. The molecule has 0 aliphatic carbocycles. The zero-order valence-corrected chi connectivity index (χ0v) is 23.4. The predicted molar refractivity (Wildman–Crippen MR) is 153 cm³/mol. The van der Waals surface area contributed by atoms with E-state index < -0.39 is 0 Å².